The molecule has 0 aromatic heterocycles. The van der Waals surface area contributed by atoms with Crippen LogP contribution in [-0.2, 0) is 15.9 Å². The van der Waals surface area contributed by atoms with Gasteiger partial charge in [-0.15, -0.1) is 0 Å². The second kappa shape index (κ2) is 13.1. The Morgan fingerprint density at radius 3 is 2.34 bits per heavy atom. The number of benzene rings is 2. The molecule has 0 spiro atoms. The van der Waals surface area contributed by atoms with E-state index in [0.29, 0.717) is 42.5 Å². The van der Waals surface area contributed by atoms with Crippen molar-refractivity contribution in [3.05, 3.63) is 58.1 Å². The zero-order valence-corrected chi connectivity index (χ0v) is 24.6. The van der Waals surface area contributed by atoms with Crippen LogP contribution < -0.4 is 9.47 Å². The molecule has 2 fully saturated rings. The van der Waals surface area contributed by atoms with Gasteiger partial charge in [-0.2, -0.15) is 0 Å². The smallest absolute Gasteiger partial charge is 0.410 e. The highest BCUT2D eigenvalue weighted by atomic mass is 35.5. The van der Waals surface area contributed by atoms with Crippen molar-refractivity contribution >= 4 is 17.7 Å². The van der Waals surface area contributed by atoms with Crippen molar-refractivity contribution in [1.82, 2.24) is 4.90 Å². The number of rotatable bonds is 9. The van der Waals surface area contributed by atoms with Gasteiger partial charge in [0.2, 0.25) is 0 Å². The molecule has 2 saturated heterocycles. The minimum absolute atomic E-state index is 0.0486. The standard InChI is InChI=1S/C30H40ClNO9/c1-5-38-20-8-6-17(7-9-20)10-19-11-21(28-27(36)26(35)25(34)24(15-33)40-28)23(12-22(19)31)39-16-18-13-32(14-18)29(37)41-30(2,3)4/h6-9,11-12,18,24-28,33-36H,5,10,13-16H2,1-4H3/t24-,25-,26+,27-,28+/m1/s1. The fourth-order valence-corrected chi connectivity index (χ4v) is 5.13. The summed E-state index contributed by atoms with van der Waals surface area (Å²) in [7, 11) is 0. The van der Waals surface area contributed by atoms with Gasteiger partial charge in [-0.1, -0.05) is 23.7 Å². The number of likely N-dealkylation sites (tertiary alicyclic amines) is 1. The van der Waals surface area contributed by atoms with Crippen molar-refractivity contribution in [2.24, 2.45) is 5.92 Å². The van der Waals surface area contributed by atoms with E-state index in [1.54, 1.807) is 17.0 Å². The van der Waals surface area contributed by atoms with Crippen LogP contribution in [0, 0.1) is 5.92 Å². The van der Waals surface area contributed by atoms with E-state index in [9.17, 15) is 25.2 Å². The molecule has 0 unspecified atom stereocenters. The first kappa shape index (κ1) is 31.3. The fraction of sp³-hybridized carbons (Fsp3) is 0.567. The second-order valence-electron chi connectivity index (χ2n) is 11.5. The lowest BCUT2D eigenvalue weighted by Gasteiger charge is -2.41. The molecule has 0 bridgehead atoms. The molecule has 226 valence electrons. The van der Waals surface area contributed by atoms with Crippen LogP contribution in [0.25, 0.3) is 0 Å². The Bertz CT molecular complexity index is 1180. The molecule has 41 heavy (non-hydrogen) atoms. The van der Waals surface area contributed by atoms with Crippen molar-refractivity contribution < 1.29 is 44.2 Å². The Hall–Kier alpha value is -2.60. The minimum atomic E-state index is -1.54. The molecule has 0 radical (unpaired) electrons. The Morgan fingerprint density at radius 2 is 1.73 bits per heavy atom. The summed E-state index contributed by atoms with van der Waals surface area (Å²) in [6.45, 7) is 8.57. The monoisotopic (exact) mass is 593 g/mol. The van der Waals surface area contributed by atoms with E-state index in [-0.39, 0.29) is 18.6 Å². The van der Waals surface area contributed by atoms with E-state index in [4.69, 9.17) is 30.5 Å². The van der Waals surface area contributed by atoms with E-state index < -0.39 is 42.7 Å². The summed E-state index contributed by atoms with van der Waals surface area (Å²) in [5.41, 5.74) is 1.55. The van der Waals surface area contributed by atoms with Crippen molar-refractivity contribution in [2.45, 2.75) is 70.2 Å². The Balaban J connectivity index is 1.55. The van der Waals surface area contributed by atoms with Crippen LogP contribution in [0.4, 0.5) is 4.79 Å². The Kier molecular flexibility index (Phi) is 10.0. The second-order valence-corrected chi connectivity index (χ2v) is 12.0. The van der Waals surface area contributed by atoms with Gasteiger partial charge in [0.25, 0.3) is 0 Å². The molecule has 4 rings (SSSR count). The van der Waals surface area contributed by atoms with Crippen LogP contribution in [0.1, 0.15) is 50.5 Å². The van der Waals surface area contributed by atoms with Crippen molar-refractivity contribution in [3.8, 4) is 11.5 Å². The van der Waals surface area contributed by atoms with Gasteiger partial charge in [-0.25, -0.2) is 4.79 Å². The number of halogens is 1. The van der Waals surface area contributed by atoms with E-state index in [2.05, 4.69) is 0 Å². The third kappa shape index (κ3) is 7.63. The SMILES string of the molecule is CCOc1ccc(Cc2cc([C@@H]3O[C@H](CO)[C@@H](O)[C@H](O)[C@H]3O)c(OCC3CN(C(=O)OC(C)(C)C)C3)cc2Cl)cc1. The van der Waals surface area contributed by atoms with Gasteiger partial charge in [0.15, 0.2) is 0 Å². The van der Waals surface area contributed by atoms with Gasteiger partial charge in [-0.3, -0.25) is 0 Å². The number of hydrogen-bond donors (Lipinski definition) is 4. The first-order valence-corrected chi connectivity index (χ1v) is 14.2. The number of aliphatic hydroxyl groups excluding tert-OH is 4. The molecule has 2 heterocycles. The zero-order valence-electron chi connectivity index (χ0n) is 23.8. The third-order valence-electron chi connectivity index (χ3n) is 7.09. The topological polar surface area (TPSA) is 138 Å². The number of ether oxygens (including phenoxy) is 4. The molecule has 5 atom stereocenters. The first-order valence-electron chi connectivity index (χ1n) is 13.9. The van der Waals surface area contributed by atoms with E-state index in [1.807, 2.05) is 52.0 Å². The number of carbonyl (C=O) groups is 1. The maximum Gasteiger partial charge on any atom is 0.410 e. The van der Waals surface area contributed by atoms with Crippen LogP contribution in [-0.4, -0.2) is 94.3 Å². The van der Waals surface area contributed by atoms with Crippen LogP contribution in [0.5, 0.6) is 11.5 Å². The summed E-state index contributed by atoms with van der Waals surface area (Å²) in [5.74, 6) is 1.15. The fourth-order valence-electron chi connectivity index (χ4n) is 4.91. The first-order chi connectivity index (χ1) is 19.4. The summed E-state index contributed by atoms with van der Waals surface area (Å²) in [6, 6.07) is 11.0. The summed E-state index contributed by atoms with van der Waals surface area (Å²) >= 11 is 6.70. The molecule has 11 heteroatoms. The maximum absolute atomic E-state index is 12.3. The normalized spacial score (nSPS) is 25.0. The molecule has 2 aliphatic heterocycles. The molecule has 10 nitrogen and oxygen atoms in total. The van der Waals surface area contributed by atoms with Crippen LogP contribution in [0.3, 0.4) is 0 Å². The van der Waals surface area contributed by atoms with Gasteiger partial charge >= 0.3 is 6.09 Å². The molecule has 2 aliphatic rings. The van der Waals surface area contributed by atoms with Crippen LogP contribution in [0.15, 0.2) is 36.4 Å². The van der Waals surface area contributed by atoms with Gasteiger partial charge in [-0.05, 0) is 69.5 Å². The molecular formula is C30H40ClNO9. The van der Waals surface area contributed by atoms with E-state index in [0.717, 1.165) is 16.9 Å². The highest BCUT2D eigenvalue weighted by molar-refractivity contribution is 6.31. The molecule has 1 amide bonds. The molecule has 4 N–H and O–H groups in total. The maximum atomic E-state index is 12.3. The third-order valence-corrected chi connectivity index (χ3v) is 7.44. The van der Waals surface area contributed by atoms with Gasteiger partial charge in [0, 0.05) is 29.6 Å². The lowest BCUT2D eigenvalue weighted by Crippen LogP contribution is -2.55. The Labute approximate surface area is 245 Å². The lowest BCUT2D eigenvalue weighted by atomic mass is 9.89. The molecule has 0 aliphatic carbocycles. The zero-order chi connectivity index (χ0) is 29.9. The van der Waals surface area contributed by atoms with Crippen molar-refractivity contribution in [3.63, 3.8) is 0 Å². The summed E-state index contributed by atoms with van der Waals surface area (Å²) < 4.78 is 23.0. The largest absolute Gasteiger partial charge is 0.494 e. The van der Waals surface area contributed by atoms with Crippen LogP contribution in [0.2, 0.25) is 5.02 Å². The van der Waals surface area contributed by atoms with Crippen LogP contribution >= 0.6 is 11.6 Å². The lowest BCUT2D eigenvalue weighted by molar-refractivity contribution is -0.232. The van der Waals surface area contributed by atoms with Crippen molar-refractivity contribution in [2.75, 3.05) is 32.9 Å². The van der Waals surface area contributed by atoms with Crippen molar-refractivity contribution in [1.29, 1.82) is 0 Å². The highest BCUT2D eigenvalue weighted by Crippen LogP contribution is 2.40. The average molecular weight is 594 g/mol. The molecular weight excluding hydrogens is 554 g/mol. The summed E-state index contributed by atoms with van der Waals surface area (Å²) in [5, 5.41) is 41.8. The number of carbonyl (C=O) groups excluding carboxylic acids is 1. The molecule has 2 aromatic rings. The number of nitrogens with zero attached hydrogens (tertiary/aromatic N) is 1. The van der Waals surface area contributed by atoms with Gasteiger partial charge in [0.05, 0.1) is 19.8 Å². The quantitative estimate of drug-likeness (QED) is 0.345. The predicted octanol–water partition coefficient (Wildman–Crippen LogP) is 3.09. The molecule has 0 saturated carbocycles. The number of aliphatic hydroxyl groups is 4. The van der Waals surface area contributed by atoms with Gasteiger partial charge < -0.3 is 44.3 Å². The van der Waals surface area contributed by atoms with E-state index in [1.165, 1.54) is 0 Å². The van der Waals surface area contributed by atoms with Gasteiger partial charge in [0.1, 0.15) is 47.6 Å². The minimum Gasteiger partial charge on any atom is -0.494 e. The van der Waals surface area contributed by atoms with E-state index >= 15 is 0 Å². The number of hydrogen-bond acceptors (Lipinski definition) is 9. The number of amides is 1. The summed E-state index contributed by atoms with van der Waals surface area (Å²) in [4.78, 5) is 13.9. The average Bonchev–Trinajstić information content (AvgIpc) is 2.88. The molecule has 2 aromatic carbocycles. The highest BCUT2D eigenvalue weighted by Gasteiger charge is 2.45. The Morgan fingerprint density at radius 1 is 1.05 bits per heavy atom. The predicted molar refractivity (Wildman–Crippen MR) is 151 cm³/mol. The summed E-state index contributed by atoms with van der Waals surface area (Å²) in [6.07, 6.45) is -6.61.